The Kier molecular flexibility index (Phi) is 5.03. The molecule has 3 aromatic carbocycles. The van der Waals surface area contributed by atoms with E-state index in [0.29, 0.717) is 5.75 Å². The molecule has 2 nitrogen and oxygen atoms in total. The second-order valence-electron chi connectivity index (χ2n) is 5.59. The van der Waals surface area contributed by atoms with Gasteiger partial charge in [0.25, 0.3) is 0 Å². The maximum Gasteiger partial charge on any atom is 0.175 e. The summed E-state index contributed by atoms with van der Waals surface area (Å²) in [6.45, 7) is 0. The Morgan fingerprint density at radius 1 is 0.741 bits per heavy atom. The molecule has 0 unspecified atom stereocenters. The zero-order chi connectivity index (χ0) is 19.7. The fraction of sp³-hybridized carbons (Fsp3) is 0.100. The molecular weight excluding hydrogens is 367 g/mol. The van der Waals surface area contributed by atoms with Crippen LogP contribution in [0.4, 0.5) is 22.0 Å². The van der Waals surface area contributed by atoms with Crippen LogP contribution in [-0.2, 0) is 0 Å². The molecule has 0 N–H and O–H groups in total. The minimum Gasteiger partial charge on any atom is -0.497 e. The summed E-state index contributed by atoms with van der Waals surface area (Å²) in [5.74, 6) is -7.32. The molecule has 27 heavy (non-hydrogen) atoms. The van der Waals surface area contributed by atoms with Crippen LogP contribution in [0, 0.1) is 17.5 Å². The SMILES string of the molecule is COc1ccc(C(F)=C(F)c2cc3ccc(OC)c(F)c3c(F)c2F)cc1. The first-order chi connectivity index (χ1) is 12.9. The van der Waals surface area contributed by atoms with Crippen molar-refractivity contribution in [2.45, 2.75) is 0 Å². The van der Waals surface area contributed by atoms with Crippen LogP contribution >= 0.6 is 0 Å². The van der Waals surface area contributed by atoms with E-state index >= 15 is 0 Å². The average molecular weight is 380 g/mol. The highest BCUT2D eigenvalue weighted by molar-refractivity contribution is 5.91. The summed E-state index contributed by atoms with van der Waals surface area (Å²) in [6.07, 6.45) is 0. The van der Waals surface area contributed by atoms with Gasteiger partial charge < -0.3 is 9.47 Å². The monoisotopic (exact) mass is 380 g/mol. The number of hydrogen-bond donors (Lipinski definition) is 0. The lowest BCUT2D eigenvalue weighted by molar-refractivity contribution is 0.388. The lowest BCUT2D eigenvalue weighted by Crippen LogP contribution is -1.98. The van der Waals surface area contributed by atoms with E-state index in [-0.39, 0.29) is 16.7 Å². The van der Waals surface area contributed by atoms with Gasteiger partial charge in [0.05, 0.1) is 25.2 Å². The van der Waals surface area contributed by atoms with Crippen LogP contribution in [0.5, 0.6) is 11.5 Å². The third-order valence-corrected chi connectivity index (χ3v) is 4.08. The second-order valence-corrected chi connectivity index (χ2v) is 5.59. The highest BCUT2D eigenvalue weighted by atomic mass is 19.2. The molecule has 0 aliphatic heterocycles. The van der Waals surface area contributed by atoms with Gasteiger partial charge in [0, 0.05) is 5.56 Å². The largest absolute Gasteiger partial charge is 0.497 e. The molecular formula is C20H13F5O2. The van der Waals surface area contributed by atoms with Gasteiger partial charge in [0.1, 0.15) is 5.75 Å². The van der Waals surface area contributed by atoms with Crippen LogP contribution in [-0.4, -0.2) is 14.2 Å². The van der Waals surface area contributed by atoms with Crippen molar-refractivity contribution in [1.29, 1.82) is 0 Å². The molecule has 3 rings (SSSR count). The molecule has 140 valence electrons. The first kappa shape index (κ1) is 18.7. The van der Waals surface area contributed by atoms with Gasteiger partial charge >= 0.3 is 0 Å². The van der Waals surface area contributed by atoms with Crippen molar-refractivity contribution in [2.75, 3.05) is 14.2 Å². The Morgan fingerprint density at radius 2 is 1.41 bits per heavy atom. The molecule has 0 spiro atoms. The predicted molar refractivity (Wildman–Crippen MR) is 92.4 cm³/mol. The zero-order valence-electron chi connectivity index (χ0n) is 14.2. The quantitative estimate of drug-likeness (QED) is 0.406. The van der Waals surface area contributed by atoms with E-state index in [0.717, 1.165) is 6.07 Å². The van der Waals surface area contributed by atoms with Gasteiger partial charge in [-0.1, -0.05) is 6.07 Å². The van der Waals surface area contributed by atoms with E-state index in [4.69, 9.17) is 9.47 Å². The maximum atomic E-state index is 14.6. The topological polar surface area (TPSA) is 18.5 Å². The molecule has 3 aromatic rings. The first-order valence-electron chi connectivity index (χ1n) is 7.73. The second kappa shape index (κ2) is 7.26. The summed E-state index contributed by atoms with van der Waals surface area (Å²) >= 11 is 0. The van der Waals surface area contributed by atoms with E-state index in [1.165, 1.54) is 50.6 Å². The summed E-state index contributed by atoms with van der Waals surface area (Å²) in [6, 6.07) is 8.49. The fourth-order valence-electron chi connectivity index (χ4n) is 2.66. The van der Waals surface area contributed by atoms with Gasteiger partial charge in [-0.2, -0.15) is 0 Å². The Hall–Kier alpha value is -3.09. The smallest absolute Gasteiger partial charge is 0.175 e. The fourth-order valence-corrected chi connectivity index (χ4v) is 2.66. The molecule has 0 aromatic heterocycles. The maximum absolute atomic E-state index is 14.6. The standard InChI is InChI=1S/C20H13F5O2/c1-26-12-6-3-10(4-7-12)16(21)17(22)13-9-11-5-8-14(27-2)19(24)15(11)20(25)18(13)23/h3-9H,1-2H3. The van der Waals surface area contributed by atoms with Crippen molar-refractivity contribution in [3.8, 4) is 11.5 Å². The van der Waals surface area contributed by atoms with Crippen molar-refractivity contribution in [3.63, 3.8) is 0 Å². The Bertz CT molecular complexity index is 1040. The molecule has 0 fully saturated rings. The Balaban J connectivity index is 2.19. The van der Waals surface area contributed by atoms with Crippen molar-refractivity contribution in [1.82, 2.24) is 0 Å². The molecule has 0 amide bonds. The van der Waals surface area contributed by atoms with Crippen LogP contribution < -0.4 is 9.47 Å². The molecule has 0 atom stereocenters. The highest BCUT2D eigenvalue weighted by Gasteiger charge is 2.23. The van der Waals surface area contributed by atoms with E-state index in [2.05, 4.69) is 0 Å². The number of ether oxygens (including phenoxy) is 2. The number of halogens is 5. The lowest BCUT2D eigenvalue weighted by Gasteiger charge is -2.10. The number of rotatable bonds is 4. The third-order valence-electron chi connectivity index (χ3n) is 4.08. The molecule has 0 saturated carbocycles. The normalized spacial score (nSPS) is 12.1. The van der Waals surface area contributed by atoms with Gasteiger partial charge in [0.2, 0.25) is 0 Å². The first-order valence-corrected chi connectivity index (χ1v) is 7.73. The van der Waals surface area contributed by atoms with Gasteiger partial charge in [-0.3, -0.25) is 0 Å². The summed E-state index contributed by atoms with van der Waals surface area (Å²) in [5, 5.41) is -0.840. The van der Waals surface area contributed by atoms with Gasteiger partial charge in [-0.25, -0.2) is 22.0 Å². The minimum absolute atomic E-state index is 0.139. The Labute approximate surface area is 151 Å². The van der Waals surface area contributed by atoms with E-state index < -0.39 is 40.1 Å². The van der Waals surface area contributed by atoms with Crippen molar-refractivity contribution >= 4 is 22.4 Å². The van der Waals surface area contributed by atoms with Crippen LogP contribution in [0.3, 0.4) is 0 Å². The van der Waals surface area contributed by atoms with E-state index in [1.807, 2.05) is 0 Å². The van der Waals surface area contributed by atoms with Crippen LogP contribution in [0.15, 0.2) is 42.5 Å². The summed E-state index contributed by atoms with van der Waals surface area (Å²) < 4.78 is 81.6. The summed E-state index contributed by atoms with van der Waals surface area (Å²) in [7, 11) is 2.57. The van der Waals surface area contributed by atoms with Gasteiger partial charge in [0.15, 0.2) is 34.9 Å². The number of methoxy groups -OCH3 is 2. The molecule has 0 bridgehead atoms. The predicted octanol–water partition coefficient (Wildman–Crippen LogP) is 6.04. The zero-order valence-corrected chi connectivity index (χ0v) is 14.2. The molecule has 0 heterocycles. The lowest BCUT2D eigenvalue weighted by atomic mass is 10.0. The minimum atomic E-state index is -1.70. The van der Waals surface area contributed by atoms with Gasteiger partial charge in [-0.05, 0) is 41.8 Å². The van der Waals surface area contributed by atoms with Crippen molar-refractivity contribution in [2.24, 2.45) is 0 Å². The molecule has 0 saturated heterocycles. The molecule has 0 aliphatic rings. The average Bonchev–Trinajstić information content (AvgIpc) is 2.69. The van der Waals surface area contributed by atoms with Crippen molar-refractivity contribution in [3.05, 3.63) is 71.0 Å². The summed E-state index contributed by atoms with van der Waals surface area (Å²) in [4.78, 5) is 0. The Morgan fingerprint density at radius 3 is 2.00 bits per heavy atom. The van der Waals surface area contributed by atoms with E-state index in [1.54, 1.807) is 0 Å². The highest BCUT2D eigenvalue weighted by Crippen LogP contribution is 2.36. The number of benzene rings is 3. The van der Waals surface area contributed by atoms with Crippen LogP contribution in [0.25, 0.3) is 22.4 Å². The molecule has 0 aliphatic carbocycles. The summed E-state index contributed by atoms with van der Waals surface area (Å²) in [5.41, 5.74) is -1.13. The third kappa shape index (κ3) is 3.20. The molecule has 7 heteroatoms. The number of hydrogen-bond acceptors (Lipinski definition) is 2. The number of fused-ring (bicyclic) bond motifs is 1. The van der Waals surface area contributed by atoms with Gasteiger partial charge in [-0.15, -0.1) is 0 Å². The van der Waals surface area contributed by atoms with Crippen molar-refractivity contribution < 1.29 is 31.4 Å². The van der Waals surface area contributed by atoms with Crippen LogP contribution in [0.2, 0.25) is 0 Å². The van der Waals surface area contributed by atoms with Crippen LogP contribution in [0.1, 0.15) is 11.1 Å². The van der Waals surface area contributed by atoms with E-state index in [9.17, 15) is 22.0 Å². The molecule has 0 radical (unpaired) electrons.